The fourth-order valence-electron chi connectivity index (χ4n) is 2.12. The van der Waals surface area contributed by atoms with Gasteiger partial charge in [-0.1, -0.05) is 0 Å². The SMILES string of the molecule is Nc1ccc(NCCCCc2cc(N)ccc2N)cc1. The van der Waals surface area contributed by atoms with E-state index in [-0.39, 0.29) is 0 Å². The van der Waals surface area contributed by atoms with Gasteiger partial charge in [-0.2, -0.15) is 0 Å². The molecule has 0 saturated carbocycles. The van der Waals surface area contributed by atoms with E-state index in [0.29, 0.717) is 0 Å². The summed E-state index contributed by atoms with van der Waals surface area (Å²) >= 11 is 0. The fourth-order valence-corrected chi connectivity index (χ4v) is 2.12. The molecule has 0 bridgehead atoms. The van der Waals surface area contributed by atoms with Gasteiger partial charge in [0.1, 0.15) is 0 Å². The molecule has 0 saturated heterocycles. The highest BCUT2D eigenvalue weighted by atomic mass is 14.9. The van der Waals surface area contributed by atoms with Crippen molar-refractivity contribution in [2.75, 3.05) is 29.1 Å². The van der Waals surface area contributed by atoms with Crippen LogP contribution in [0, 0.1) is 0 Å². The Hall–Kier alpha value is -2.36. The second kappa shape index (κ2) is 6.70. The Balaban J connectivity index is 1.71. The van der Waals surface area contributed by atoms with Gasteiger partial charge in [0.25, 0.3) is 0 Å². The van der Waals surface area contributed by atoms with Crippen LogP contribution in [0.4, 0.5) is 22.7 Å². The van der Waals surface area contributed by atoms with Crippen LogP contribution in [0.25, 0.3) is 0 Å². The van der Waals surface area contributed by atoms with Crippen molar-refractivity contribution in [3.63, 3.8) is 0 Å². The number of anilines is 4. The Bertz CT molecular complexity index is 549. The molecule has 4 nitrogen and oxygen atoms in total. The highest BCUT2D eigenvalue weighted by molar-refractivity contribution is 5.55. The van der Waals surface area contributed by atoms with Gasteiger partial charge in [-0.25, -0.2) is 0 Å². The Labute approximate surface area is 120 Å². The largest absolute Gasteiger partial charge is 0.399 e. The van der Waals surface area contributed by atoms with Crippen molar-refractivity contribution in [3.8, 4) is 0 Å². The lowest BCUT2D eigenvalue weighted by Crippen LogP contribution is -2.03. The summed E-state index contributed by atoms with van der Waals surface area (Å²) in [6.07, 6.45) is 3.12. The summed E-state index contributed by atoms with van der Waals surface area (Å²) in [5.74, 6) is 0. The molecule has 2 aromatic rings. The van der Waals surface area contributed by atoms with Crippen molar-refractivity contribution in [2.24, 2.45) is 0 Å². The molecule has 0 spiro atoms. The molecule has 0 aliphatic heterocycles. The predicted molar refractivity (Wildman–Crippen MR) is 87.5 cm³/mol. The average Bonchev–Trinajstić information content (AvgIpc) is 2.44. The van der Waals surface area contributed by atoms with E-state index in [1.54, 1.807) is 0 Å². The zero-order valence-electron chi connectivity index (χ0n) is 11.6. The lowest BCUT2D eigenvalue weighted by Gasteiger charge is -2.08. The first-order chi connectivity index (χ1) is 9.65. The van der Waals surface area contributed by atoms with Gasteiger partial charge in [0.2, 0.25) is 0 Å². The monoisotopic (exact) mass is 270 g/mol. The van der Waals surface area contributed by atoms with Gasteiger partial charge < -0.3 is 22.5 Å². The van der Waals surface area contributed by atoms with Gasteiger partial charge in [0.05, 0.1) is 0 Å². The van der Waals surface area contributed by atoms with Crippen molar-refractivity contribution in [2.45, 2.75) is 19.3 Å². The number of nitrogens with two attached hydrogens (primary N) is 3. The molecule has 0 unspecified atom stereocenters. The Kier molecular flexibility index (Phi) is 4.71. The summed E-state index contributed by atoms with van der Waals surface area (Å²) in [5.41, 5.74) is 22.0. The van der Waals surface area contributed by atoms with E-state index in [0.717, 1.165) is 54.1 Å². The molecule has 0 radical (unpaired) electrons. The zero-order valence-corrected chi connectivity index (χ0v) is 11.6. The summed E-state index contributed by atoms with van der Waals surface area (Å²) in [6, 6.07) is 13.4. The molecule has 0 heterocycles. The number of rotatable bonds is 6. The topological polar surface area (TPSA) is 90.1 Å². The number of hydrogen-bond donors (Lipinski definition) is 4. The number of hydrogen-bond acceptors (Lipinski definition) is 4. The minimum absolute atomic E-state index is 0.772. The summed E-state index contributed by atoms with van der Waals surface area (Å²) in [5, 5.41) is 3.37. The predicted octanol–water partition coefficient (Wildman–Crippen LogP) is 2.87. The van der Waals surface area contributed by atoms with E-state index >= 15 is 0 Å². The summed E-state index contributed by atoms with van der Waals surface area (Å²) in [4.78, 5) is 0. The quantitative estimate of drug-likeness (QED) is 0.480. The summed E-state index contributed by atoms with van der Waals surface area (Å²) in [7, 11) is 0. The third-order valence-corrected chi connectivity index (χ3v) is 3.28. The van der Waals surface area contributed by atoms with Crippen LogP contribution in [0.3, 0.4) is 0 Å². The van der Waals surface area contributed by atoms with Gasteiger partial charge in [0, 0.05) is 29.3 Å². The molecular weight excluding hydrogens is 248 g/mol. The maximum atomic E-state index is 5.93. The van der Waals surface area contributed by atoms with Crippen molar-refractivity contribution >= 4 is 22.7 Å². The summed E-state index contributed by atoms with van der Waals surface area (Å²) in [6.45, 7) is 0.937. The van der Waals surface area contributed by atoms with Crippen LogP contribution in [-0.4, -0.2) is 6.54 Å². The van der Waals surface area contributed by atoms with Crippen molar-refractivity contribution in [3.05, 3.63) is 48.0 Å². The van der Waals surface area contributed by atoms with E-state index < -0.39 is 0 Å². The van der Waals surface area contributed by atoms with Crippen molar-refractivity contribution in [1.82, 2.24) is 0 Å². The first-order valence-corrected chi connectivity index (χ1v) is 6.88. The molecule has 0 amide bonds. The Morgan fingerprint density at radius 2 is 1.50 bits per heavy atom. The second-order valence-corrected chi connectivity index (χ2v) is 4.96. The highest BCUT2D eigenvalue weighted by Crippen LogP contribution is 2.18. The van der Waals surface area contributed by atoms with Gasteiger partial charge in [-0.3, -0.25) is 0 Å². The number of unbranched alkanes of at least 4 members (excludes halogenated alkanes) is 1. The van der Waals surface area contributed by atoms with E-state index in [1.165, 1.54) is 0 Å². The highest BCUT2D eigenvalue weighted by Gasteiger charge is 2.00. The number of nitrogens with one attached hydrogen (secondary N) is 1. The minimum Gasteiger partial charge on any atom is -0.399 e. The van der Waals surface area contributed by atoms with Crippen LogP contribution in [0.2, 0.25) is 0 Å². The molecule has 20 heavy (non-hydrogen) atoms. The number of benzene rings is 2. The van der Waals surface area contributed by atoms with Gasteiger partial charge in [-0.05, 0) is 67.3 Å². The van der Waals surface area contributed by atoms with Crippen molar-refractivity contribution < 1.29 is 0 Å². The number of nitrogen functional groups attached to an aromatic ring is 3. The first-order valence-electron chi connectivity index (χ1n) is 6.88. The standard InChI is InChI=1S/C16H22N4/c17-13-4-7-15(8-5-13)20-10-2-1-3-12-11-14(18)6-9-16(12)19/h4-9,11,20H,1-3,10,17-19H2. The molecule has 0 aliphatic carbocycles. The first kappa shape index (κ1) is 14.1. The molecule has 0 aromatic heterocycles. The molecular formula is C16H22N4. The van der Waals surface area contributed by atoms with E-state index in [2.05, 4.69) is 5.32 Å². The molecule has 0 atom stereocenters. The molecule has 106 valence electrons. The van der Waals surface area contributed by atoms with Crippen molar-refractivity contribution in [1.29, 1.82) is 0 Å². The maximum Gasteiger partial charge on any atom is 0.0348 e. The van der Waals surface area contributed by atoms with Crippen LogP contribution in [-0.2, 0) is 6.42 Å². The van der Waals surface area contributed by atoms with Crippen LogP contribution in [0.1, 0.15) is 18.4 Å². The molecule has 2 aromatic carbocycles. The minimum atomic E-state index is 0.772. The van der Waals surface area contributed by atoms with Gasteiger partial charge in [0.15, 0.2) is 0 Å². The van der Waals surface area contributed by atoms with Crippen LogP contribution < -0.4 is 22.5 Å². The Morgan fingerprint density at radius 1 is 0.800 bits per heavy atom. The van der Waals surface area contributed by atoms with Gasteiger partial charge in [-0.15, -0.1) is 0 Å². The van der Waals surface area contributed by atoms with E-state index in [1.807, 2.05) is 42.5 Å². The molecule has 0 fully saturated rings. The third-order valence-electron chi connectivity index (χ3n) is 3.28. The lowest BCUT2D eigenvalue weighted by molar-refractivity contribution is 0.764. The van der Waals surface area contributed by atoms with E-state index in [9.17, 15) is 0 Å². The molecule has 2 rings (SSSR count). The van der Waals surface area contributed by atoms with E-state index in [4.69, 9.17) is 17.2 Å². The maximum absolute atomic E-state index is 5.93. The third kappa shape index (κ3) is 4.09. The summed E-state index contributed by atoms with van der Waals surface area (Å²) < 4.78 is 0. The normalized spacial score (nSPS) is 10.4. The zero-order chi connectivity index (χ0) is 14.4. The molecule has 7 N–H and O–H groups in total. The van der Waals surface area contributed by atoms with Crippen LogP contribution >= 0.6 is 0 Å². The molecule has 4 heteroatoms. The van der Waals surface area contributed by atoms with Crippen LogP contribution in [0.15, 0.2) is 42.5 Å². The molecule has 0 aliphatic rings. The smallest absolute Gasteiger partial charge is 0.0348 e. The average molecular weight is 270 g/mol. The fraction of sp³-hybridized carbons (Fsp3) is 0.250. The second-order valence-electron chi connectivity index (χ2n) is 4.96. The number of aryl methyl sites for hydroxylation is 1. The Morgan fingerprint density at radius 3 is 2.25 bits per heavy atom. The lowest BCUT2D eigenvalue weighted by atomic mass is 10.1. The van der Waals surface area contributed by atoms with Gasteiger partial charge >= 0.3 is 0 Å². The van der Waals surface area contributed by atoms with Crippen LogP contribution in [0.5, 0.6) is 0 Å².